The zero-order valence-corrected chi connectivity index (χ0v) is 21.7. The van der Waals surface area contributed by atoms with Gasteiger partial charge in [-0.25, -0.2) is 0 Å². The summed E-state index contributed by atoms with van der Waals surface area (Å²) in [6, 6.07) is 15.8. The Morgan fingerprint density at radius 2 is 1.76 bits per heavy atom. The lowest BCUT2D eigenvalue weighted by atomic mass is 10.1. The fourth-order valence-corrected chi connectivity index (χ4v) is 4.69. The topological polar surface area (TPSA) is 59.6 Å². The van der Waals surface area contributed by atoms with E-state index in [-0.39, 0.29) is 12.3 Å². The van der Waals surface area contributed by atoms with E-state index in [1.165, 1.54) is 0 Å². The highest BCUT2D eigenvalue weighted by atomic mass is 35.6. The molecule has 2 aromatic rings. The third kappa shape index (κ3) is 6.57. The standard InChI is InChI=1S/C23H28Cl3N5OS/c1-27-17-11-8-16(9-12-17)10-13-20(32)29-21(23(24,25)26)31-15-5-14-30(22(31)33)19-7-4-3-6-18(19)28-2/h3-4,6-9,11-12,21,27-28H,5,10,13-15H2,1-2H3,(H,29,32). The largest absolute Gasteiger partial charge is 0.388 e. The van der Waals surface area contributed by atoms with E-state index in [0.717, 1.165) is 35.6 Å². The Morgan fingerprint density at radius 1 is 1.06 bits per heavy atom. The summed E-state index contributed by atoms with van der Waals surface area (Å²) in [4.78, 5) is 16.6. The first-order valence-electron chi connectivity index (χ1n) is 10.7. The van der Waals surface area contributed by atoms with Gasteiger partial charge in [-0.3, -0.25) is 4.79 Å². The second kappa shape index (κ2) is 11.5. The first-order chi connectivity index (χ1) is 15.7. The van der Waals surface area contributed by atoms with Gasteiger partial charge in [-0.1, -0.05) is 59.1 Å². The number of amides is 1. The van der Waals surface area contributed by atoms with E-state index in [1.54, 1.807) is 4.90 Å². The SMILES string of the molecule is CNc1ccc(CCC(=O)NC(N2CCCN(c3ccccc3NC)C2=S)C(Cl)(Cl)Cl)cc1. The number of hydrogen-bond donors (Lipinski definition) is 3. The summed E-state index contributed by atoms with van der Waals surface area (Å²) in [5, 5.41) is 9.67. The number of para-hydroxylation sites is 2. The number of carbonyl (C=O) groups excluding carboxylic acids is 1. The number of rotatable bonds is 8. The summed E-state index contributed by atoms with van der Waals surface area (Å²) in [7, 11) is 3.73. The van der Waals surface area contributed by atoms with Crippen LogP contribution in [0.4, 0.5) is 17.1 Å². The van der Waals surface area contributed by atoms with E-state index >= 15 is 0 Å². The molecule has 0 aliphatic carbocycles. The van der Waals surface area contributed by atoms with Crippen molar-refractivity contribution in [1.29, 1.82) is 0 Å². The summed E-state index contributed by atoms with van der Waals surface area (Å²) < 4.78 is -1.76. The molecular formula is C23H28Cl3N5OS. The van der Waals surface area contributed by atoms with Gasteiger partial charge in [0.1, 0.15) is 0 Å². The van der Waals surface area contributed by atoms with Crippen LogP contribution in [0.25, 0.3) is 0 Å². The lowest BCUT2D eigenvalue weighted by Crippen LogP contribution is -2.62. The number of hydrogen-bond acceptors (Lipinski definition) is 4. The average molecular weight is 529 g/mol. The second-order valence-electron chi connectivity index (χ2n) is 7.71. The van der Waals surface area contributed by atoms with Crippen molar-refractivity contribution in [1.82, 2.24) is 10.2 Å². The predicted molar refractivity (Wildman–Crippen MR) is 144 cm³/mol. The first-order valence-corrected chi connectivity index (χ1v) is 12.3. The minimum Gasteiger partial charge on any atom is -0.388 e. The molecule has 3 rings (SSSR count). The Morgan fingerprint density at radius 3 is 2.39 bits per heavy atom. The van der Waals surface area contributed by atoms with Gasteiger partial charge < -0.3 is 25.8 Å². The van der Waals surface area contributed by atoms with Gasteiger partial charge >= 0.3 is 0 Å². The summed E-state index contributed by atoms with van der Waals surface area (Å²) in [6.07, 6.45) is 0.749. The zero-order valence-electron chi connectivity index (χ0n) is 18.6. The molecule has 1 aliphatic rings. The van der Waals surface area contributed by atoms with Crippen LogP contribution in [0.3, 0.4) is 0 Å². The molecule has 2 aromatic carbocycles. The minimum atomic E-state index is -1.76. The number of anilines is 3. The van der Waals surface area contributed by atoms with Crippen LogP contribution >= 0.6 is 47.0 Å². The van der Waals surface area contributed by atoms with Crippen LogP contribution in [0.2, 0.25) is 0 Å². The number of aryl methyl sites for hydroxylation is 1. The van der Waals surface area contributed by atoms with Gasteiger partial charge in [0.15, 0.2) is 11.3 Å². The monoisotopic (exact) mass is 527 g/mol. The summed E-state index contributed by atoms with van der Waals surface area (Å²) in [5.74, 6) is -0.209. The molecule has 1 unspecified atom stereocenters. The lowest BCUT2D eigenvalue weighted by Gasteiger charge is -2.45. The summed E-state index contributed by atoms with van der Waals surface area (Å²) >= 11 is 24.8. The Bertz CT molecular complexity index is 967. The van der Waals surface area contributed by atoms with Crippen LogP contribution in [0, 0.1) is 0 Å². The number of halogens is 3. The van der Waals surface area contributed by atoms with E-state index < -0.39 is 9.96 Å². The molecule has 178 valence electrons. The van der Waals surface area contributed by atoms with E-state index in [9.17, 15) is 4.79 Å². The van der Waals surface area contributed by atoms with Crippen LogP contribution < -0.4 is 20.9 Å². The van der Waals surface area contributed by atoms with Crippen molar-refractivity contribution < 1.29 is 4.79 Å². The molecule has 1 saturated heterocycles. The highest BCUT2D eigenvalue weighted by molar-refractivity contribution is 7.80. The maximum atomic E-state index is 12.8. The maximum Gasteiger partial charge on any atom is 0.228 e. The molecule has 6 nitrogen and oxygen atoms in total. The van der Waals surface area contributed by atoms with E-state index in [2.05, 4.69) is 16.0 Å². The highest BCUT2D eigenvalue weighted by Crippen LogP contribution is 2.35. The normalized spacial score (nSPS) is 15.2. The van der Waals surface area contributed by atoms with Crippen molar-refractivity contribution in [3.63, 3.8) is 0 Å². The number of nitrogens with zero attached hydrogens (tertiary/aromatic N) is 2. The van der Waals surface area contributed by atoms with Crippen molar-refractivity contribution in [2.75, 3.05) is 42.7 Å². The van der Waals surface area contributed by atoms with E-state index in [1.807, 2.05) is 67.5 Å². The predicted octanol–water partition coefficient (Wildman–Crippen LogP) is 5.01. The van der Waals surface area contributed by atoms with Crippen LogP contribution in [0.5, 0.6) is 0 Å². The Labute approximate surface area is 215 Å². The molecule has 1 aliphatic heterocycles. The van der Waals surface area contributed by atoms with Crippen molar-refractivity contribution in [2.24, 2.45) is 0 Å². The van der Waals surface area contributed by atoms with Crippen LogP contribution in [0.1, 0.15) is 18.4 Å². The summed E-state index contributed by atoms with van der Waals surface area (Å²) in [5.41, 5.74) is 3.95. The molecule has 0 saturated carbocycles. The van der Waals surface area contributed by atoms with Gasteiger partial charge in [-0.15, -0.1) is 0 Å². The molecule has 0 bridgehead atoms. The molecular weight excluding hydrogens is 501 g/mol. The number of thiocarbonyl (C=S) groups is 1. The van der Waals surface area contributed by atoms with Gasteiger partial charge in [-0.2, -0.15) is 0 Å². The maximum absolute atomic E-state index is 12.8. The van der Waals surface area contributed by atoms with Gasteiger partial charge in [0.05, 0.1) is 11.4 Å². The quantitative estimate of drug-likeness (QED) is 0.331. The molecule has 1 amide bonds. The van der Waals surface area contributed by atoms with Crippen LogP contribution in [-0.2, 0) is 11.2 Å². The molecule has 33 heavy (non-hydrogen) atoms. The van der Waals surface area contributed by atoms with E-state index in [0.29, 0.717) is 18.1 Å². The summed E-state index contributed by atoms with van der Waals surface area (Å²) in [6.45, 7) is 1.30. The number of alkyl halides is 3. The number of carbonyl (C=O) groups is 1. The first kappa shape index (κ1) is 25.7. The van der Waals surface area contributed by atoms with E-state index in [4.69, 9.17) is 47.0 Å². The van der Waals surface area contributed by atoms with Gasteiger partial charge in [0.2, 0.25) is 9.70 Å². The fraction of sp³-hybridized carbons (Fsp3) is 0.391. The van der Waals surface area contributed by atoms with Gasteiger partial charge in [0, 0.05) is 39.3 Å². The Hall–Kier alpha value is -1.93. The molecule has 1 atom stereocenters. The molecule has 0 spiro atoms. The zero-order chi connectivity index (χ0) is 24.0. The molecule has 10 heteroatoms. The van der Waals surface area contributed by atoms with Crippen molar-refractivity contribution in [3.8, 4) is 0 Å². The molecule has 1 heterocycles. The third-order valence-electron chi connectivity index (χ3n) is 5.52. The highest BCUT2D eigenvalue weighted by Gasteiger charge is 2.42. The van der Waals surface area contributed by atoms with Crippen LogP contribution in [0.15, 0.2) is 48.5 Å². The van der Waals surface area contributed by atoms with Gasteiger partial charge in [-0.05, 0) is 54.9 Å². The van der Waals surface area contributed by atoms with Crippen LogP contribution in [-0.4, -0.2) is 53.1 Å². The Balaban J connectivity index is 1.72. The second-order valence-corrected chi connectivity index (χ2v) is 10.4. The molecule has 3 N–H and O–H groups in total. The molecule has 0 radical (unpaired) electrons. The van der Waals surface area contributed by atoms with Crippen molar-refractivity contribution in [3.05, 3.63) is 54.1 Å². The number of nitrogens with one attached hydrogen (secondary N) is 3. The smallest absolute Gasteiger partial charge is 0.228 e. The third-order valence-corrected chi connectivity index (χ3v) is 6.60. The molecule has 0 aromatic heterocycles. The van der Waals surface area contributed by atoms with Gasteiger partial charge in [0.25, 0.3) is 0 Å². The lowest BCUT2D eigenvalue weighted by molar-refractivity contribution is -0.122. The minimum absolute atomic E-state index is 0.209. The Kier molecular flexibility index (Phi) is 8.93. The average Bonchev–Trinajstić information content (AvgIpc) is 2.81. The van der Waals surface area contributed by atoms with Crippen molar-refractivity contribution >= 4 is 75.1 Å². The van der Waals surface area contributed by atoms with Crippen molar-refractivity contribution in [2.45, 2.75) is 29.2 Å². The number of benzene rings is 2. The molecule has 1 fully saturated rings. The fourth-order valence-electron chi connectivity index (χ4n) is 3.79.